The Morgan fingerprint density at radius 3 is 2.50 bits per heavy atom. The molecule has 1 rings (SSSR count). The third-order valence-electron chi connectivity index (χ3n) is 1.48. The summed E-state index contributed by atoms with van der Waals surface area (Å²) in [5, 5.41) is 0.641. The normalized spacial score (nSPS) is 12.7. The van der Waals surface area contributed by atoms with Crippen LogP contribution in [0.15, 0.2) is 24.5 Å². The zero-order valence-corrected chi connectivity index (χ0v) is 10.8. The number of halogens is 3. The largest absolute Gasteiger partial charge is 0.524 e. The molecule has 0 heterocycles. The lowest BCUT2D eigenvalue weighted by molar-refractivity contribution is 0.259. The number of rotatable bonds is 3. The second-order valence-electron chi connectivity index (χ2n) is 2.69. The van der Waals surface area contributed by atoms with Crippen LogP contribution in [0.1, 0.15) is 5.56 Å². The first-order valence-electron chi connectivity index (χ1n) is 3.84. The van der Waals surface area contributed by atoms with Gasteiger partial charge in [0.15, 0.2) is 0 Å². The van der Waals surface area contributed by atoms with Crippen molar-refractivity contribution in [3.05, 3.63) is 40.1 Å². The molecule has 0 amide bonds. The highest BCUT2D eigenvalue weighted by Crippen LogP contribution is 2.38. The Hall–Kier alpha value is -0.220. The fraction of sp³-hybridized carbons (Fsp3) is 0. The zero-order valence-electron chi connectivity index (χ0n) is 7.60. The number of phosphoric ester groups is 1. The molecule has 8 heteroatoms. The van der Waals surface area contributed by atoms with Crippen molar-refractivity contribution in [1.29, 1.82) is 0 Å². The van der Waals surface area contributed by atoms with E-state index in [1.165, 1.54) is 18.2 Å². The molecule has 0 aliphatic carbocycles. The molecule has 2 N–H and O–H groups in total. The summed E-state index contributed by atoms with van der Waals surface area (Å²) in [5.74, 6) is 0. The molecule has 16 heavy (non-hydrogen) atoms. The third-order valence-corrected chi connectivity index (χ3v) is 2.70. The average Bonchev–Trinajstić information content (AvgIpc) is 2.13. The molecule has 0 saturated heterocycles. The number of benzene rings is 1. The number of phosphoric acid groups is 1. The van der Waals surface area contributed by atoms with Crippen LogP contribution in [0.3, 0.4) is 0 Å². The molecule has 88 valence electrons. The molecule has 0 aliphatic heterocycles. The molecule has 1 aromatic rings. The summed E-state index contributed by atoms with van der Waals surface area (Å²) < 4.78 is 14.5. The minimum Gasteiger partial charge on any atom is -0.411 e. The predicted octanol–water partition coefficient (Wildman–Crippen LogP) is 3.64. The Kier molecular flexibility index (Phi) is 4.68. The van der Waals surface area contributed by atoms with E-state index in [9.17, 15) is 4.57 Å². The van der Waals surface area contributed by atoms with Gasteiger partial charge in [0.2, 0.25) is 0 Å². The second-order valence-corrected chi connectivity index (χ2v) is 5.13. The fourth-order valence-corrected chi connectivity index (χ4v) is 1.93. The van der Waals surface area contributed by atoms with Crippen molar-refractivity contribution >= 4 is 47.7 Å². The summed E-state index contributed by atoms with van der Waals surface area (Å²) in [4.78, 5) is 16.9. The zero-order chi connectivity index (χ0) is 12.3. The van der Waals surface area contributed by atoms with E-state index in [0.29, 0.717) is 10.6 Å². The number of hydrogen-bond donors (Lipinski definition) is 2. The van der Waals surface area contributed by atoms with Gasteiger partial charge in [0.05, 0.1) is 10.1 Å². The van der Waals surface area contributed by atoms with Crippen LogP contribution in [0.4, 0.5) is 0 Å². The summed E-state index contributed by atoms with van der Waals surface area (Å²) in [6.07, 6.45) is 0.734. The van der Waals surface area contributed by atoms with Gasteiger partial charge in [-0.25, -0.2) is 4.57 Å². The lowest BCUT2D eigenvalue weighted by Gasteiger charge is -2.05. The molecule has 0 aromatic heterocycles. The van der Waals surface area contributed by atoms with Gasteiger partial charge in [-0.2, -0.15) is 0 Å². The van der Waals surface area contributed by atoms with Crippen LogP contribution in [0.5, 0.6) is 0 Å². The lowest BCUT2D eigenvalue weighted by Crippen LogP contribution is -1.83. The van der Waals surface area contributed by atoms with Crippen molar-refractivity contribution in [2.45, 2.75) is 0 Å². The van der Waals surface area contributed by atoms with E-state index in [1.807, 2.05) is 0 Å². The summed E-state index contributed by atoms with van der Waals surface area (Å²) in [6, 6.07) is 4.50. The summed E-state index contributed by atoms with van der Waals surface area (Å²) in [6.45, 7) is 0. The minimum absolute atomic E-state index is 0.0370. The monoisotopic (exact) mass is 302 g/mol. The van der Waals surface area contributed by atoms with E-state index in [0.717, 1.165) is 6.26 Å². The highest BCUT2D eigenvalue weighted by atomic mass is 35.5. The van der Waals surface area contributed by atoms with Crippen LogP contribution >= 0.6 is 42.6 Å². The third kappa shape index (κ3) is 4.34. The summed E-state index contributed by atoms with van der Waals surface area (Å²) in [5.41, 5.74) is 0.362. The molecule has 0 aliphatic rings. The predicted molar refractivity (Wildman–Crippen MR) is 63.4 cm³/mol. The van der Waals surface area contributed by atoms with Crippen molar-refractivity contribution < 1.29 is 18.9 Å². The molecule has 4 nitrogen and oxygen atoms in total. The Labute approximate surface area is 107 Å². The molecule has 0 saturated carbocycles. The molecule has 0 bridgehead atoms. The minimum atomic E-state index is -4.59. The van der Waals surface area contributed by atoms with Crippen molar-refractivity contribution in [2.75, 3.05) is 0 Å². The molecule has 0 radical (unpaired) electrons. The number of hydrogen-bond acceptors (Lipinski definition) is 2. The highest BCUT2D eigenvalue weighted by molar-refractivity contribution is 7.46. The van der Waals surface area contributed by atoms with Gasteiger partial charge in [0.1, 0.15) is 6.26 Å². The van der Waals surface area contributed by atoms with Gasteiger partial charge < -0.3 is 4.52 Å². The first-order chi connectivity index (χ1) is 7.29. The van der Waals surface area contributed by atoms with E-state index in [2.05, 4.69) is 4.52 Å². The van der Waals surface area contributed by atoms with Crippen molar-refractivity contribution in [2.24, 2.45) is 0 Å². The maximum absolute atomic E-state index is 10.4. The second kappa shape index (κ2) is 5.41. The molecular formula is C8H6Cl3O4P. The average molecular weight is 303 g/mol. The Bertz CT molecular complexity index is 468. The molecule has 0 spiro atoms. The van der Waals surface area contributed by atoms with Crippen LogP contribution in [0.2, 0.25) is 10.0 Å². The van der Waals surface area contributed by atoms with E-state index in [4.69, 9.17) is 44.6 Å². The van der Waals surface area contributed by atoms with Gasteiger partial charge in [-0.1, -0.05) is 40.9 Å². The van der Waals surface area contributed by atoms with Gasteiger partial charge in [-0.05, 0) is 12.1 Å². The Morgan fingerprint density at radius 2 is 2.00 bits per heavy atom. The van der Waals surface area contributed by atoms with E-state index < -0.39 is 7.82 Å². The molecule has 1 aromatic carbocycles. The van der Waals surface area contributed by atoms with Gasteiger partial charge >= 0.3 is 7.82 Å². The van der Waals surface area contributed by atoms with E-state index in [1.54, 1.807) is 0 Å². The fourth-order valence-electron chi connectivity index (χ4n) is 0.862. The first kappa shape index (κ1) is 13.8. The standard InChI is InChI=1S/C8H6Cl3O4P/c9-5-1-2-6(7(10)3-5)8(11)4-15-16(12,13)14/h1-4H,(H2,12,13,14). The molecular weight excluding hydrogens is 297 g/mol. The quantitative estimate of drug-likeness (QED) is 0.661. The van der Waals surface area contributed by atoms with Crippen LogP contribution in [0.25, 0.3) is 5.03 Å². The molecule has 0 unspecified atom stereocenters. The SMILES string of the molecule is O=P(O)(O)OC=C(Cl)c1ccc(Cl)cc1Cl. The molecule has 0 fully saturated rings. The van der Waals surface area contributed by atoms with E-state index >= 15 is 0 Å². The Balaban J connectivity index is 2.96. The van der Waals surface area contributed by atoms with Crippen molar-refractivity contribution in [3.63, 3.8) is 0 Å². The maximum atomic E-state index is 10.4. The lowest BCUT2D eigenvalue weighted by atomic mass is 10.2. The summed E-state index contributed by atoms with van der Waals surface area (Å²) in [7, 11) is -4.59. The Morgan fingerprint density at radius 1 is 1.38 bits per heavy atom. The van der Waals surface area contributed by atoms with Gasteiger partial charge in [-0.3, -0.25) is 9.79 Å². The van der Waals surface area contributed by atoms with Gasteiger partial charge in [0.25, 0.3) is 0 Å². The topological polar surface area (TPSA) is 66.8 Å². The van der Waals surface area contributed by atoms with Crippen LogP contribution in [-0.4, -0.2) is 9.79 Å². The van der Waals surface area contributed by atoms with Crippen LogP contribution < -0.4 is 0 Å². The first-order valence-corrected chi connectivity index (χ1v) is 6.51. The summed E-state index contributed by atoms with van der Waals surface area (Å²) >= 11 is 17.2. The van der Waals surface area contributed by atoms with Crippen molar-refractivity contribution in [1.82, 2.24) is 0 Å². The van der Waals surface area contributed by atoms with Gasteiger partial charge in [0, 0.05) is 10.6 Å². The van der Waals surface area contributed by atoms with Crippen LogP contribution in [0, 0.1) is 0 Å². The van der Waals surface area contributed by atoms with E-state index in [-0.39, 0.29) is 10.1 Å². The smallest absolute Gasteiger partial charge is 0.411 e. The van der Waals surface area contributed by atoms with Crippen molar-refractivity contribution in [3.8, 4) is 0 Å². The highest BCUT2D eigenvalue weighted by Gasteiger charge is 2.14. The van der Waals surface area contributed by atoms with Gasteiger partial charge in [-0.15, -0.1) is 0 Å². The molecule has 0 atom stereocenters. The van der Waals surface area contributed by atoms with Crippen LogP contribution in [-0.2, 0) is 9.09 Å². The maximum Gasteiger partial charge on any atom is 0.524 e.